The molecule has 0 fully saturated rings. The predicted octanol–water partition coefficient (Wildman–Crippen LogP) is 2.20. The largest absolute Gasteiger partial charge is 0.478 e. The van der Waals surface area contributed by atoms with Gasteiger partial charge in [0, 0.05) is 23.6 Å². The van der Waals surface area contributed by atoms with Gasteiger partial charge in [0.15, 0.2) is 0 Å². The van der Waals surface area contributed by atoms with Gasteiger partial charge >= 0.3 is 5.97 Å². The Morgan fingerprint density at radius 2 is 2.00 bits per heavy atom. The van der Waals surface area contributed by atoms with Gasteiger partial charge in [0.2, 0.25) is 10.0 Å². The minimum atomic E-state index is -3.95. The van der Waals surface area contributed by atoms with Gasteiger partial charge in [0.05, 0.1) is 5.56 Å². The zero-order chi connectivity index (χ0) is 15.6. The van der Waals surface area contributed by atoms with Crippen LogP contribution in [0.15, 0.2) is 33.9 Å². The van der Waals surface area contributed by atoms with Crippen molar-refractivity contribution in [3.63, 3.8) is 0 Å². The van der Waals surface area contributed by atoms with Crippen LogP contribution in [0.5, 0.6) is 0 Å². The number of carbonyl (C=O) groups is 1. The number of benzene rings is 1. The highest BCUT2D eigenvalue weighted by Crippen LogP contribution is 2.20. The van der Waals surface area contributed by atoms with Gasteiger partial charge in [-0.15, -0.1) is 11.3 Å². The molecule has 0 saturated heterocycles. The fourth-order valence-electron chi connectivity index (χ4n) is 1.48. The Kier molecular flexibility index (Phi) is 4.35. The van der Waals surface area contributed by atoms with Gasteiger partial charge in [-0.1, -0.05) is 6.07 Å². The van der Waals surface area contributed by atoms with Crippen LogP contribution in [-0.4, -0.2) is 19.5 Å². The van der Waals surface area contributed by atoms with Crippen LogP contribution in [0.25, 0.3) is 0 Å². The van der Waals surface area contributed by atoms with E-state index in [4.69, 9.17) is 5.11 Å². The second kappa shape index (κ2) is 5.88. The minimum absolute atomic E-state index is 0.0185. The Morgan fingerprint density at radius 1 is 1.29 bits per heavy atom. The summed E-state index contributed by atoms with van der Waals surface area (Å²) >= 11 is 0.742. The lowest BCUT2D eigenvalue weighted by Gasteiger charge is -2.06. The van der Waals surface area contributed by atoms with Crippen molar-refractivity contribution in [2.24, 2.45) is 0 Å². The van der Waals surface area contributed by atoms with Gasteiger partial charge < -0.3 is 5.11 Å². The van der Waals surface area contributed by atoms with Gasteiger partial charge in [0.1, 0.15) is 15.8 Å². The molecule has 0 bridgehead atoms. The normalized spacial score (nSPS) is 11.5. The standard InChI is InChI=1S/C12H9F2NO4S2/c13-9-2-1-7(10(14)4-9)5-15-21(18,19)11-3-8(6-20-11)12(16)17/h1-4,6,15H,5H2,(H,16,17). The molecule has 0 radical (unpaired) electrons. The topological polar surface area (TPSA) is 83.5 Å². The van der Waals surface area contributed by atoms with Crippen molar-refractivity contribution < 1.29 is 27.1 Å². The molecule has 0 aliphatic rings. The van der Waals surface area contributed by atoms with E-state index in [0.29, 0.717) is 6.07 Å². The molecule has 0 unspecified atom stereocenters. The van der Waals surface area contributed by atoms with E-state index in [1.54, 1.807) is 0 Å². The first-order valence-corrected chi connectivity index (χ1v) is 7.91. The molecule has 1 aromatic heterocycles. The number of halogens is 2. The van der Waals surface area contributed by atoms with Crippen LogP contribution in [0.3, 0.4) is 0 Å². The van der Waals surface area contributed by atoms with E-state index >= 15 is 0 Å². The van der Waals surface area contributed by atoms with E-state index in [1.807, 2.05) is 0 Å². The summed E-state index contributed by atoms with van der Waals surface area (Å²) in [6.45, 7) is -0.366. The summed E-state index contributed by atoms with van der Waals surface area (Å²) < 4.78 is 51.9. The summed E-state index contributed by atoms with van der Waals surface area (Å²) in [6.07, 6.45) is 0. The molecule has 2 rings (SSSR count). The number of hydrogen-bond acceptors (Lipinski definition) is 4. The molecule has 5 nitrogen and oxygen atoms in total. The highest BCUT2D eigenvalue weighted by molar-refractivity contribution is 7.91. The van der Waals surface area contributed by atoms with Crippen LogP contribution in [0.1, 0.15) is 15.9 Å². The molecule has 2 aromatic rings. The van der Waals surface area contributed by atoms with Gasteiger partial charge in [-0.3, -0.25) is 0 Å². The predicted molar refractivity (Wildman–Crippen MR) is 71.7 cm³/mol. The first-order chi connectivity index (χ1) is 9.79. The molecule has 112 valence electrons. The molecule has 21 heavy (non-hydrogen) atoms. The number of nitrogens with one attached hydrogen (secondary N) is 1. The van der Waals surface area contributed by atoms with Crippen LogP contribution in [0.2, 0.25) is 0 Å². The van der Waals surface area contributed by atoms with Crippen molar-refractivity contribution in [3.05, 3.63) is 52.4 Å². The number of carboxylic acids is 1. The highest BCUT2D eigenvalue weighted by Gasteiger charge is 2.19. The molecule has 1 aromatic carbocycles. The number of sulfonamides is 1. The molecule has 1 heterocycles. The maximum atomic E-state index is 13.4. The third-order valence-corrected chi connectivity index (χ3v) is 5.40. The maximum absolute atomic E-state index is 13.4. The van der Waals surface area contributed by atoms with Crippen molar-refractivity contribution >= 4 is 27.3 Å². The third kappa shape index (κ3) is 3.63. The SMILES string of the molecule is O=C(O)c1csc(S(=O)(=O)NCc2ccc(F)cc2F)c1. The van der Waals surface area contributed by atoms with E-state index in [1.165, 1.54) is 5.38 Å². The van der Waals surface area contributed by atoms with E-state index in [2.05, 4.69) is 4.72 Å². The van der Waals surface area contributed by atoms with Crippen LogP contribution in [0.4, 0.5) is 8.78 Å². The lowest BCUT2D eigenvalue weighted by molar-refractivity contribution is 0.0697. The molecular weight excluding hydrogens is 324 g/mol. The molecular formula is C12H9F2NO4S2. The number of rotatable bonds is 5. The van der Waals surface area contributed by atoms with Crippen LogP contribution in [-0.2, 0) is 16.6 Å². The first-order valence-electron chi connectivity index (χ1n) is 5.55. The van der Waals surface area contributed by atoms with Crippen LogP contribution < -0.4 is 4.72 Å². The molecule has 0 saturated carbocycles. The molecule has 2 N–H and O–H groups in total. The molecule has 0 aliphatic heterocycles. The quantitative estimate of drug-likeness (QED) is 0.879. The van der Waals surface area contributed by atoms with Crippen LogP contribution >= 0.6 is 11.3 Å². The maximum Gasteiger partial charge on any atom is 0.336 e. The number of aromatic carboxylic acids is 1. The van der Waals surface area contributed by atoms with Gasteiger partial charge in [-0.25, -0.2) is 26.7 Å². The van der Waals surface area contributed by atoms with Gasteiger partial charge in [-0.2, -0.15) is 0 Å². The van der Waals surface area contributed by atoms with Crippen molar-refractivity contribution in [2.45, 2.75) is 10.8 Å². The van der Waals surface area contributed by atoms with Gasteiger partial charge in [-0.05, 0) is 12.1 Å². The summed E-state index contributed by atoms with van der Waals surface area (Å²) in [4.78, 5) is 10.7. The monoisotopic (exact) mass is 333 g/mol. The van der Waals surface area contributed by atoms with E-state index in [-0.39, 0.29) is 21.9 Å². The van der Waals surface area contributed by atoms with Crippen molar-refractivity contribution in [1.29, 1.82) is 0 Å². The average Bonchev–Trinajstić information content (AvgIpc) is 2.88. The molecule has 0 atom stereocenters. The summed E-state index contributed by atoms with van der Waals surface area (Å²) in [5.41, 5.74) is -0.164. The highest BCUT2D eigenvalue weighted by atomic mass is 32.2. The average molecular weight is 333 g/mol. The summed E-state index contributed by atoms with van der Waals surface area (Å²) in [5, 5.41) is 9.93. The summed E-state index contributed by atoms with van der Waals surface area (Å²) in [5.74, 6) is -2.86. The second-order valence-corrected chi connectivity index (χ2v) is 6.92. The number of thiophene rings is 1. The first kappa shape index (κ1) is 15.5. The zero-order valence-corrected chi connectivity index (χ0v) is 12.0. The molecule has 0 spiro atoms. The molecule has 9 heteroatoms. The fourth-order valence-corrected chi connectivity index (χ4v) is 3.68. The smallest absolute Gasteiger partial charge is 0.336 e. The third-order valence-electron chi connectivity index (χ3n) is 2.55. The minimum Gasteiger partial charge on any atom is -0.478 e. The Morgan fingerprint density at radius 3 is 2.57 bits per heavy atom. The summed E-state index contributed by atoms with van der Waals surface area (Å²) in [6, 6.07) is 3.80. The Balaban J connectivity index is 2.15. The van der Waals surface area contributed by atoms with Crippen molar-refractivity contribution in [2.75, 3.05) is 0 Å². The summed E-state index contributed by atoms with van der Waals surface area (Å²) in [7, 11) is -3.95. The Labute approximate surface area is 122 Å². The lowest BCUT2D eigenvalue weighted by atomic mass is 10.2. The van der Waals surface area contributed by atoms with Gasteiger partial charge in [0.25, 0.3) is 0 Å². The second-order valence-electron chi connectivity index (χ2n) is 4.02. The fraction of sp³-hybridized carbons (Fsp3) is 0.0833. The number of carboxylic acid groups (broad SMARTS) is 1. The molecule has 0 aliphatic carbocycles. The zero-order valence-electron chi connectivity index (χ0n) is 10.3. The lowest BCUT2D eigenvalue weighted by Crippen LogP contribution is -2.23. The van der Waals surface area contributed by atoms with E-state index in [0.717, 1.165) is 29.5 Å². The Hall–Kier alpha value is -1.84. The Bertz CT molecular complexity index is 786. The van der Waals surface area contributed by atoms with E-state index < -0.39 is 27.6 Å². The van der Waals surface area contributed by atoms with Crippen LogP contribution in [0, 0.1) is 11.6 Å². The van der Waals surface area contributed by atoms with Crippen molar-refractivity contribution in [1.82, 2.24) is 4.72 Å². The van der Waals surface area contributed by atoms with Crippen molar-refractivity contribution in [3.8, 4) is 0 Å². The number of hydrogen-bond donors (Lipinski definition) is 2. The van der Waals surface area contributed by atoms with E-state index in [9.17, 15) is 22.0 Å². The molecule has 0 amide bonds.